The molecule has 0 aliphatic heterocycles. The van der Waals surface area contributed by atoms with Gasteiger partial charge in [0.2, 0.25) is 0 Å². The summed E-state index contributed by atoms with van der Waals surface area (Å²) in [6, 6.07) is 3.78. The Bertz CT molecular complexity index is 753. The lowest BCUT2D eigenvalue weighted by atomic mass is 9.89. The zero-order chi connectivity index (χ0) is 19.5. The minimum atomic E-state index is -3.65. The Kier molecular flexibility index (Phi) is 6.13. The summed E-state index contributed by atoms with van der Waals surface area (Å²) in [5.41, 5.74) is -0.259. The van der Waals surface area contributed by atoms with Crippen LogP contribution in [0.3, 0.4) is 0 Å². The molecule has 1 aliphatic carbocycles. The van der Waals surface area contributed by atoms with Crippen LogP contribution in [-0.4, -0.2) is 38.5 Å². The lowest BCUT2D eigenvalue weighted by molar-refractivity contribution is 0.0359. The number of hydrogen-bond acceptors (Lipinski definition) is 6. The van der Waals surface area contributed by atoms with E-state index in [1.54, 1.807) is 20.8 Å². The van der Waals surface area contributed by atoms with Gasteiger partial charge < -0.3 is 14.8 Å². The van der Waals surface area contributed by atoms with E-state index in [2.05, 4.69) is 5.32 Å². The highest BCUT2D eigenvalue weighted by molar-refractivity contribution is 7.85. The first-order valence-electron chi connectivity index (χ1n) is 8.20. The summed E-state index contributed by atoms with van der Waals surface area (Å²) in [6.45, 7) is 5.05. The number of carbonyl (C=O) groups excluding carboxylic acids is 1. The second-order valence-electron chi connectivity index (χ2n) is 7.27. The molecular weight excluding hydrogens is 365 g/mol. The summed E-state index contributed by atoms with van der Waals surface area (Å²) >= 11 is 0. The molecule has 0 atom stereocenters. The standard InChI is InChI=1S/C17H24FNO6S/c1-17(2,3)25-16(20)19-13-8-14(9-13)24-15-6-5-12(18)7-11(15)10-23-26(4,21)22/h5-7,13-14H,8-10H2,1-4H3,(H,19,20). The fourth-order valence-electron chi connectivity index (χ4n) is 2.38. The van der Waals surface area contributed by atoms with Crippen molar-refractivity contribution in [3.05, 3.63) is 29.6 Å². The summed E-state index contributed by atoms with van der Waals surface area (Å²) in [6.07, 6.45) is 1.42. The Hall–Kier alpha value is -1.87. The second kappa shape index (κ2) is 7.79. The van der Waals surface area contributed by atoms with Crippen molar-refractivity contribution >= 4 is 16.2 Å². The third kappa shape index (κ3) is 6.80. The number of benzene rings is 1. The van der Waals surface area contributed by atoms with Crippen LogP contribution in [0.5, 0.6) is 5.75 Å². The lowest BCUT2D eigenvalue weighted by Gasteiger charge is -2.36. The van der Waals surface area contributed by atoms with E-state index in [1.165, 1.54) is 18.2 Å². The lowest BCUT2D eigenvalue weighted by Crippen LogP contribution is -2.50. The number of halogens is 1. The van der Waals surface area contributed by atoms with Gasteiger partial charge in [0.25, 0.3) is 10.1 Å². The molecule has 1 aromatic rings. The van der Waals surface area contributed by atoms with E-state index < -0.39 is 27.6 Å². The third-order valence-electron chi connectivity index (χ3n) is 3.56. The molecule has 1 N–H and O–H groups in total. The van der Waals surface area contributed by atoms with Crippen molar-refractivity contribution in [1.82, 2.24) is 5.32 Å². The molecule has 1 amide bonds. The van der Waals surface area contributed by atoms with Crippen LogP contribution in [0.1, 0.15) is 39.2 Å². The molecule has 7 nitrogen and oxygen atoms in total. The summed E-state index contributed by atoms with van der Waals surface area (Å²) in [7, 11) is -3.65. The molecule has 0 radical (unpaired) electrons. The molecule has 2 rings (SSSR count). The number of nitrogens with one attached hydrogen (secondary N) is 1. The van der Waals surface area contributed by atoms with Crippen LogP contribution in [-0.2, 0) is 25.6 Å². The summed E-state index contributed by atoms with van der Waals surface area (Å²) in [5.74, 6) is -0.154. The minimum absolute atomic E-state index is 0.0639. The van der Waals surface area contributed by atoms with Crippen molar-refractivity contribution in [2.45, 2.75) is 58.0 Å². The van der Waals surface area contributed by atoms with E-state index in [0.29, 0.717) is 24.2 Å². The predicted molar refractivity (Wildman–Crippen MR) is 92.8 cm³/mol. The maximum absolute atomic E-state index is 13.4. The molecule has 1 fully saturated rings. The fraction of sp³-hybridized carbons (Fsp3) is 0.588. The van der Waals surface area contributed by atoms with Gasteiger partial charge in [-0.05, 0) is 39.0 Å². The molecule has 0 spiro atoms. The van der Waals surface area contributed by atoms with Crippen LogP contribution in [0.2, 0.25) is 0 Å². The van der Waals surface area contributed by atoms with Crippen LogP contribution in [0.4, 0.5) is 9.18 Å². The first-order valence-corrected chi connectivity index (χ1v) is 10.0. The number of amides is 1. The van der Waals surface area contributed by atoms with Crippen molar-refractivity contribution in [1.29, 1.82) is 0 Å². The molecule has 0 heterocycles. The SMILES string of the molecule is CC(C)(C)OC(=O)NC1CC(Oc2ccc(F)cc2COS(C)(=O)=O)C1. The molecule has 26 heavy (non-hydrogen) atoms. The molecule has 9 heteroatoms. The number of ether oxygens (including phenoxy) is 2. The average Bonchev–Trinajstić information content (AvgIpc) is 2.42. The normalized spacial score (nSPS) is 20.2. The van der Waals surface area contributed by atoms with Gasteiger partial charge in [-0.3, -0.25) is 4.18 Å². The van der Waals surface area contributed by atoms with Gasteiger partial charge >= 0.3 is 6.09 Å². The Labute approximate surface area is 152 Å². The van der Waals surface area contributed by atoms with Gasteiger partial charge in [0.15, 0.2) is 0 Å². The highest BCUT2D eigenvalue weighted by Gasteiger charge is 2.33. The quantitative estimate of drug-likeness (QED) is 0.753. The summed E-state index contributed by atoms with van der Waals surface area (Å²) in [4.78, 5) is 11.7. The van der Waals surface area contributed by atoms with Gasteiger partial charge in [-0.25, -0.2) is 9.18 Å². The summed E-state index contributed by atoms with van der Waals surface area (Å²) < 4.78 is 51.4. The van der Waals surface area contributed by atoms with E-state index in [9.17, 15) is 17.6 Å². The Morgan fingerprint density at radius 2 is 1.96 bits per heavy atom. The van der Waals surface area contributed by atoms with Gasteiger partial charge in [-0.15, -0.1) is 0 Å². The topological polar surface area (TPSA) is 90.9 Å². The molecular formula is C17H24FNO6S. The molecule has 0 saturated heterocycles. The predicted octanol–water partition coefficient (Wildman–Crippen LogP) is 2.74. The smallest absolute Gasteiger partial charge is 0.407 e. The number of rotatable bonds is 6. The van der Waals surface area contributed by atoms with Gasteiger partial charge in [0, 0.05) is 24.4 Å². The number of alkyl carbamates (subject to hydrolysis) is 1. The third-order valence-corrected chi connectivity index (χ3v) is 4.11. The summed E-state index contributed by atoms with van der Waals surface area (Å²) in [5, 5.41) is 2.75. The largest absolute Gasteiger partial charge is 0.490 e. The van der Waals surface area contributed by atoms with Crippen LogP contribution in [0, 0.1) is 5.82 Å². The first-order chi connectivity index (χ1) is 11.9. The first kappa shape index (κ1) is 20.4. The Balaban J connectivity index is 1.88. The van der Waals surface area contributed by atoms with Gasteiger partial charge in [-0.1, -0.05) is 0 Å². The number of carbonyl (C=O) groups is 1. The van der Waals surface area contributed by atoms with Crippen molar-refractivity contribution < 1.29 is 31.3 Å². The fourth-order valence-corrected chi connectivity index (χ4v) is 2.72. The van der Waals surface area contributed by atoms with E-state index in [-0.39, 0.29) is 18.8 Å². The van der Waals surface area contributed by atoms with Crippen molar-refractivity contribution in [2.24, 2.45) is 0 Å². The molecule has 146 valence electrons. The number of hydrogen-bond donors (Lipinski definition) is 1. The van der Waals surface area contributed by atoms with Gasteiger partial charge in [0.05, 0.1) is 12.9 Å². The van der Waals surface area contributed by atoms with E-state index in [1.807, 2.05) is 0 Å². The Morgan fingerprint density at radius 1 is 1.31 bits per heavy atom. The maximum Gasteiger partial charge on any atom is 0.407 e. The van der Waals surface area contributed by atoms with Crippen LogP contribution in [0.25, 0.3) is 0 Å². The van der Waals surface area contributed by atoms with Crippen molar-refractivity contribution in [3.63, 3.8) is 0 Å². The van der Waals surface area contributed by atoms with E-state index in [4.69, 9.17) is 13.7 Å². The van der Waals surface area contributed by atoms with Crippen LogP contribution in [0.15, 0.2) is 18.2 Å². The maximum atomic E-state index is 13.4. The van der Waals surface area contributed by atoms with E-state index >= 15 is 0 Å². The molecule has 0 unspecified atom stereocenters. The zero-order valence-electron chi connectivity index (χ0n) is 15.2. The Morgan fingerprint density at radius 3 is 2.54 bits per heavy atom. The second-order valence-corrected chi connectivity index (χ2v) is 8.92. The van der Waals surface area contributed by atoms with Crippen molar-refractivity contribution in [2.75, 3.05) is 6.26 Å². The minimum Gasteiger partial charge on any atom is -0.490 e. The highest BCUT2D eigenvalue weighted by Crippen LogP contribution is 2.29. The molecule has 1 aromatic carbocycles. The monoisotopic (exact) mass is 389 g/mol. The van der Waals surface area contributed by atoms with Gasteiger partial charge in [-0.2, -0.15) is 8.42 Å². The molecule has 1 saturated carbocycles. The van der Waals surface area contributed by atoms with Crippen LogP contribution < -0.4 is 10.1 Å². The zero-order valence-corrected chi connectivity index (χ0v) is 16.1. The molecule has 1 aliphatic rings. The van der Waals surface area contributed by atoms with Crippen LogP contribution >= 0.6 is 0 Å². The highest BCUT2D eigenvalue weighted by atomic mass is 32.2. The molecule has 0 bridgehead atoms. The van der Waals surface area contributed by atoms with Crippen molar-refractivity contribution in [3.8, 4) is 5.75 Å². The average molecular weight is 389 g/mol. The van der Waals surface area contributed by atoms with Gasteiger partial charge in [0.1, 0.15) is 23.3 Å². The van der Waals surface area contributed by atoms with E-state index in [0.717, 1.165) is 6.26 Å². The molecule has 0 aromatic heterocycles.